The summed E-state index contributed by atoms with van der Waals surface area (Å²) in [6.07, 6.45) is 13.7. The SMILES string of the molecule is CC.CCOC(=O)CCC1CCC(C2CCC(CCC(=O)OCC)CC2)CC1. The molecule has 0 N–H and O–H groups in total. The van der Waals surface area contributed by atoms with Gasteiger partial charge >= 0.3 is 11.9 Å². The molecule has 2 fully saturated rings. The van der Waals surface area contributed by atoms with Crippen molar-refractivity contribution in [1.29, 1.82) is 0 Å². The molecule has 0 atom stereocenters. The average Bonchev–Trinajstić information content (AvgIpc) is 2.73. The lowest BCUT2D eigenvalue weighted by Gasteiger charge is -2.38. The Labute approximate surface area is 173 Å². The first kappa shape index (κ1) is 25.0. The van der Waals surface area contributed by atoms with Crippen molar-refractivity contribution >= 4 is 11.9 Å². The van der Waals surface area contributed by atoms with E-state index in [1.54, 1.807) is 0 Å². The predicted octanol–water partition coefficient (Wildman–Crippen LogP) is 6.31. The van der Waals surface area contributed by atoms with Gasteiger partial charge in [0.05, 0.1) is 13.2 Å². The Bertz CT molecular complexity index is 378. The van der Waals surface area contributed by atoms with Crippen molar-refractivity contribution in [3.8, 4) is 0 Å². The first-order valence-corrected chi connectivity index (χ1v) is 11.9. The highest BCUT2D eigenvalue weighted by atomic mass is 16.5. The van der Waals surface area contributed by atoms with Crippen LogP contribution in [0.3, 0.4) is 0 Å². The van der Waals surface area contributed by atoms with Gasteiger partial charge < -0.3 is 9.47 Å². The molecular formula is C24H44O4. The third-order valence-electron chi connectivity index (χ3n) is 6.57. The molecule has 4 heteroatoms. The fraction of sp³-hybridized carbons (Fsp3) is 0.917. The molecule has 0 aromatic carbocycles. The molecule has 0 aliphatic heterocycles. The second kappa shape index (κ2) is 14.9. The van der Waals surface area contributed by atoms with E-state index in [0.29, 0.717) is 26.1 Å². The van der Waals surface area contributed by atoms with E-state index in [9.17, 15) is 9.59 Å². The van der Waals surface area contributed by atoms with Gasteiger partial charge in [0.25, 0.3) is 0 Å². The fourth-order valence-corrected chi connectivity index (χ4v) is 5.01. The predicted molar refractivity (Wildman–Crippen MR) is 114 cm³/mol. The zero-order valence-electron chi connectivity index (χ0n) is 18.8. The molecule has 2 aliphatic carbocycles. The van der Waals surface area contributed by atoms with Gasteiger partial charge in [-0.25, -0.2) is 0 Å². The fourth-order valence-electron chi connectivity index (χ4n) is 5.01. The number of carbonyl (C=O) groups is 2. The molecule has 2 saturated carbocycles. The highest BCUT2D eigenvalue weighted by Crippen LogP contribution is 2.43. The molecular weight excluding hydrogens is 352 g/mol. The van der Waals surface area contributed by atoms with Crippen LogP contribution in [0.4, 0.5) is 0 Å². The summed E-state index contributed by atoms with van der Waals surface area (Å²) in [5, 5.41) is 0. The third-order valence-corrected chi connectivity index (χ3v) is 6.57. The molecule has 164 valence electrons. The average molecular weight is 397 g/mol. The minimum absolute atomic E-state index is 0.0317. The first-order valence-electron chi connectivity index (χ1n) is 11.9. The van der Waals surface area contributed by atoms with E-state index < -0.39 is 0 Å². The maximum Gasteiger partial charge on any atom is 0.305 e. The number of rotatable bonds is 9. The lowest BCUT2D eigenvalue weighted by molar-refractivity contribution is -0.144. The van der Waals surface area contributed by atoms with Gasteiger partial charge in [-0.3, -0.25) is 9.59 Å². The molecule has 0 radical (unpaired) electrons. The lowest BCUT2D eigenvalue weighted by Crippen LogP contribution is -2.26. The molecule has 0 bridgehead atoms. The Hall–Kier alpha value is -1.06. The van der Waals surface area contributed by atoms with Gasteiger partial charge in [0.15, 0.2) is 0 Å². The highest BCUT2D eigenvalue weighted by Gasteiger charge is 2.31. The number of ether oxygens (including phenoxy) is 2. The van der Waals surface area contributed by atoms with Gasteiger partial charge in [-0.05, 0) is 76.0 Å². The van der Waals surface area contributed by atoms with Crippen molar-refractivity contribution in [2.75, 3.05) is 13.2 Å². The molecule has 0 amide bonds. The van der Waals surface area contributed by atoms with Crippen molar-refractivity contribution in [2.24, 2.45) is 23.7 Å². The van der Waals surface area contributed by atoms with Crippen LogP contribution < -0.4 is 0 Å². The minimum Gasteiger partial charge on any atom is -0.466 e. The van der Waals surface area contributed by atoms with Crippen molar-refractivity contribution < 1.29 is 19.1 Å². The number of hydrogen-bond donors (Lipinski definition) is 0. The lowest BCUT2D eigenvalue weighted by atomic mass is 9.68. The van der Waals surface area contributed by atoms with E-state index in [1.807, 2.05) is 27.7 Å². The van der Waals surface area contributed by atoms with Crippen LogP contribution in [-0.2, 0) is 19.1 Å². The molecule has 2 rings (SSSR count). The summed E-state index contributed by atoms with van der Waals surface area (Å²) in [5.41, 5.74) is 0. The van der Waals surface area contributed by atoms with Crippen molar-refractivity contribution in [3.05, 3.63) is 0 Å². The Kier molecular flexibility index (Phi) is 13.3. The smallest absolute Gasteiger partial charge is 0.305 e. The van der Waals surface area contributed by atoms with Crippen LogP contribution >= 0.6 is 0 Å². The first-order chi connectivity index (χ1) is 13.6. The molecule has 28 heavy (non-hydrogen) atoms. The largest absolute Gasteiger partial charge is 0.466 e. The maximum absolute atomic E-state index is 11.5. The Morgan fingerprint density at radius 3 is 1.25 bits per heavy atom. The highest BCUT2D eigenvalue weighted by molar-refractivity contribution is 5.69. The summed E-state index contributed by atoms with van der Waals surface area (Å²) in [5.74, 6) is 3.15. The Balaban J connectivity index is 0.00000190. The minimum atomic E-state index is -0.0317. The van der Waals surface area contributed by atoms with E-state index in [-0.39, 0.29) is 11.9 Å². The summed E-state index contributed by atoms with van der Waals surface area (Å²) in [4.78, 5) is 23.0. The molecule has 2 aliphatic rings. The number of hydrogen-bond acceptors (Lipinski definition) is 4. The van der Waals surface area contributed by atoms with E-state index in [1.165, 1.54) is 51.4 Å². The van der Waals surface area contributed by atoms with Crippen LogP contribution in [0.25, 0.3) is 0 Å². The van der Waals surface area contributed by atoms with Crippen LogP contribution in [0, 0.1) is 23.7 Å². The molecule has 0 aromatic heterocycles. The zero-order valence-corrected chi connectivity index (χ0v) is 18.8. The van der Waals surface area contributed by atoms with Crippen molar-refractivity contribution in [2.45, 2.75) is 105 Å². The Morgan fingerprint density at radius 1 is 0.643 bits per heavy atom. The van der Waals surface area contributed by atoms with E-state index in [4.69, 9.17) is 9.47 Å². The standard InChI is InChI=1S/C22H38O4.C2H6/c1-3-25-21(23)15-9-17-5-11-19(12-6-17)20-13-7-18(8-14-20)10-16-22(24)26-4-2;1-2/h17-20H,3-16H2,1-2H3;1-2H3. The monoisotopic (exact) mass is 396 g/mol. The molecule has 0 spiro atoms. The van der Waals surface area contributed by atoms with E-state index in [0.717, 1.165) is 36.5 Å². The summed E-state index contributed by atoms with van der Waals surface area (Å²) in [6, 6.07) is 0. The quantitative estimate of drug-likeness (QED) is 0.428. The summed E-state index contributed by atoms with van der Waals surface area (Å²) < 4.78 is 10.1. The van der Waals surface area contributed by atoms with E-state index >= 15 is 0 Å². The third kappa shape index (κ3) is 9.43. The number of esters is 2. The molecule has 0 unspecified atom stereocenters. The second-order valence-corrected chi connectivity index (χ2v) is 8.25. The van der Waals surface area contributed by atoms with Gasteiger partial charge in [0, 0.05) is 12.8 Å². The van der Waals surface area contributed by atoms with Crippen molar-refractivity contribution in [1.82, 2.24) is 0 Å². The van der Waals surface area contributed by atoms with Gasteiger partial charge in [0.2, 0.25) is 0 Å². The summed E-state index contributed by atoms with van der Waals surface area (Å²) in [7, 11) is 0. The van der Waals surface area contributed by atoms with Crippen LogP contribution in [0.2, 0.25) is 0 Å². The maximum atomic E-state index is 11.5. The second-order valence-electron chi connectivity index (χ2n) is 8.25. The Morgan fingerprint density at radius 2 is 0.964 bits per heavy atom. The summed E-state index contributed by atoms with van der Waals surface area (Å²) in [6.45, 7) is 8.73. The zero-order chi connectivity index (χ0) is 20.8. The van der Waals surface area contributed by atoms with Gasteiger partial charge in [0.1, 0.15) is 0 Å². The topological polar surface area (TPSA) is 52.6 Å². The van der Waals surface area contributed by atoms with E-state index in [2.05, 4.69) is 0 Å². The van der Waals surface area contributed by atoms with Crippen LogP contribution in [0.15, 0.2) is 0 Å². The number of carbonyl (C=O) groups excluding carboxylic acids is 2. The van der Waals surface area contributed by atoms with Gasteiger partial charge in [-0.15, -0.1) is 0 Å². The van der Waals surface area contributed by atoms with Crippen LogP contribution in [0.5, 0.6) is 0 Å². The molecule has 0 aromatic rings. The normalized spacial score (nSPS) is 27.3. The van der Waals surface area contributed by atoms with Gasteiger partial charge in [-0.2, -0.15) is 0 Å². The summed E-state index contributed by atoms with van der Waals surface area (Å²) >= 11 is 0. The van der Waals surface area contributed by atoms with Crippen LogP contribution in [-0.4, -0.2) is 25.2 Å². The van der Waals surface area contributed by atoms with Crippen LogP contribution in [0.1, 0.15) is 105 Å². The molecule has 0 saturated heterocycles. The van der Waals surface area contributed by atoms with Crippen molar-refractivity contribution in [3.63, 3.8) is 0 Å². The molecule has 0 heterocycles. The van der Waals surface area contributed by atoms with Gasteiger partial charge in [-0.1, -0.05) is 39.5 Å². The molecule has 4 nitrogen and oxygen atoms in total.